The summed E-state index contributed by atoms with van der Waals surface area (Å²) in [5.41, 5.74) is 0. The van der Waals surface area contributed by atoms with Gasteiger partial charge in [0, 0.05) is 25.0 Å². The number of carbonyl (C=O) groups is 3. The van der Waals surface area contributed by atoms with Crippen molar-refractivity contribution in [3.05, 3.63) is 0 Å². The van der Waals surface area contributed by atoms with Crippen LogP contribution in [0.15, 0.2) is 0 Å². The van der Waals surface area contributed by atoms with Gasteiger partial charge in [-0.05, 0) is 32.1 Å². The number of esters is 1. The fourth-order valence-corrected chi connectivity index (χ4v) is 6.39. The summed E-state index contributed by atoms with van der Waals surface area (Å²) in [6.07, 6.45) is 8.44. The molecule has 0 aromatic rings. The van der Waals surface area contributed by atoms with Gasteiger partial charge in [0.05, 0.1) is 11.5 Å². The van der Waals surface area contributed by atoms with Crippen LogP contribution in [0.25, 0.3) is 0 Å². The molecule has 3 aliphatic rings. The zero-order valence-electron chi connectivity index (χ0n) is 17.0. The van der Waals surface area contributed by atoms with Gasteiger partial charge in [-0.25, -0.2) is 8.42 Å². The molecule has 1 aliphatic carbocycles. The van der Waals surface area contributed by atoms with Crippen molar-refractivity contribution in [3.8, 4) is 0 Å². The Morgan fingerprint density at radius 2 is 1.72 bits per heavy atom. The first-order valence-electron chi connectivity index (χ1n) is 10.8. The molecule has 0 bridgehead atoms. The van der Waals surface area contributed by atoms with E-state index < -0.39 is 22.4 Å². The second kappa shape index (κ2) is 9.91. The lowest BCUT2D eigenvalue weighted by Gasteiger charge is -2.38. The second-order valence-electron chi connectivity index (χ2n) is 8.44. The van der Waals surface area contributed by atoms with E-state index in [1.165, 1.54) is 4.90 Å². The molecular formula is C20H32N2O6S. The Morgan fingerprint density at radius 3 is 2.41 bits per heavy atom. The molecule has 3 rings (SSSR count). The predicted octanol–water partition coefficient (Wildman–Crippen LogP) is 1.28. The fourth-order valence-electron chi connectivity index (χ4n) is 4.68. The van der Waals surface area contributed by atoms with E-state index in [9.17, 15) is 22.8 Å². The van der Waals surface area contributed by atoms with E-state index in [0.29, 0.717) is 19.4 Å². The summed E-state index contributed by atoms with van der Waals surface area (Å²) in [5.74, 6) is -0.868. The van der Waals surface area contributed by atoms with E-state index in [0.717, 1.165) is 51.4 Å². The van der Waals surface area contributed by atoms with Gasteiger partial charge in [0.1, 0.15) is 6.54 Å². The van der Waals surface area contributed by atoms with Crippen LogP contribution in [0.5, 0.6) is 0 Å². The molecule has 8 nitrogen and oxygen atoms in total. The van der Waals surface area contributed by atoms with Crippen LogP contribution in [0.1, 0.15) is 64.2 Å². The fraction of sp³-hybridized carbons (Fsp3) is 0.850. The van der Waals surface area contributed by atoms with Crippen molar-refractivity contribution in [2.75, 3.05) is 31.2 Å². The maximum atomic E-state index is 12.9. The van der Waals surface area contributed by atoms with Gasteiger partial charge in [-0.1, -0.05) is 25.7 Å². The van der Waals surface area contributed by atoms with Crippen molar-refractivity contribution < 1.29 is 27.5 Å². The number of amides is 2. The Morgan fingerprint density at radius 1 is 1.00 bits per heavy atom. The van der Waals surface area contributed by atoms with Crippen LogP contribution in [0, 0.1) is 0 Å². The quantitative estimate of drug-likeness (QED) is 0.591. The third kappa shape index (κ3) is 6.17. The van der Waals surface area contributed by atoms with E-state index in [1.54, 1.807) is 4.90 Å². The van der Waals surface area contributed by atoms with Gasteiger partial charge in [0.15, 0.2) is 16.4 Å². The number of hydrogen-bond donors (Lipinski definition) is 0. The number of rotatable bonds is 6. The lowest BCUT2D eigenvalue weighted by atomic mass is 9.93. The number of likely N-dealkylation sites (tertiary alicyclic amines) is 1. The van der Waals surface area contributed by atoms with Crippen LogP contribution < -0.4 is 0 Å². The van der Waals surface area contributed by atoms with E-state index >= 15 is 0 Å². The van der Waals surface area contributed by atoms with Crippen molar-refractivity contribution in [1.29, 1.82) is 0 Å². The largest absolute Gasteiger partial charge is 0.454 e. The molecule has 0 N–H and O–H groups in total. The molecule has 2 saturated heterocycles. The molecule has 1 saturated carbocycles. The summed E-state index contributed by atoms with van der Waals surface area (Å²) < 4.78 is 29.1. The zero-order valence-corrected chi connectivity index (χ0v) is 17.8. The topological polar surface area (TPSA) is 101 Å². The number of ether oxygens (including phenoxy) is 1. The highest BCUT2D eigenvalue weighted by Gasteiger charge is 2.38. The molecule has 1 atom stereocenters. The van der Waals surface area contributed by atoms with E-state index in [1.807, 2.05) is 0 Å². The minimum Gasteiger partial charge on any atom is -0.454 e. The summed E-state index contributed by atoms with van der Waals surface area (Å²) in [7, 11) is -3.12. The lowest BCUT2D eigenvalue weighted by Crippen LogP contribution is -2.50. The molecule has 9 heteroatoms. The average Bonchev–Trinajstić information content (AvgIpc) is 2.92. The molecule has 0 aromatic heterocycles. The molecule has 2 amide bonds. The van der Waals surface area contributed by atoms with Crippen LogP contribution >= 0.6 is 0 Å². The van der Waals surface area contributed by atoms with E-state index in [-0.39, 0.29) is 41.9 Å². The van der Waals surface area contributed by atoms with Crippen molar-refractivity contribution in [1.82, 2.24) is 9.80 Å². The highest BCUT2D eigenvalue weighted by Crippen LogP contribution is 2.28. The molecule has 0 spiro atoms. The smallest absolute Gasteiger partial charge is 0.326 e. The summed E-state index contributed by atoms with van der Waals surface area (Å²) in [6.45, 7) is 0.0112. The summed E-state index contributed by atoms with van der Waals surface area (Å²) in [4.78, 5) is 40.4. The first kappa shape index (κ1) is 22.1. The number of sulfone groups is 1. The molecule has 3 fully saturated rings. The highest BCUT2D eigenvalue weighted by molar-refractivity contribution is 7.91. The Labute approximate surface area is 172 Å². The molecule has 2 aliphatic heterocycles. The molecule has 0 aromatic carbocycles. The standard InChI is InChI=1S/C20H32N2O6S/c23-18-9-5-2-6-11-21(18)13-20(25)28-14-19(24)22(16-7-3-1-4-8-16)17-10-12-29(26,27)15-17/h16-17H,1-15H2. The van der Waals surface area contributed by atoms with Gasteiger partial charge >= 0.3 is 5.97 Å². The van der Waals surface area contributed by atoms with Crippen LogP contribution in [-0.4, -0.2) is 79.3 Å². The Bertz CT molecular complexity index is 716. The van der Waals surface area contributed by atoms with Gasteiger partial charge in [-0.2, -0.15) is 0 Å². The third-order valence-corrected chi connectivity index (χ3v) is 7.96. The average molecular weight is 429 g/mol. The Kier molecular flexibility index (Phi) is 7.54. The second-order valence-corrected chi connectivity index (χ2v) is 10.7. The van der Waals surface area contributed by atoms with Crippen molar-refractivity contribution in [3.63, 3.8) is 0 Å². The maximum absolute atomic E-state index is 12.9. The van der Waals surface area contributed by atoms with Crippen molar-refractivity contribution in [2.45, 2.75) is 76.3 Å². The maximum Gasteiger partial charge on any atom is 0.326 e. The minimum atomic E-state index is -3.12. The van der Waals surface area contributed by atoms with Gasteiger partial charge in [-0.3, -0.25) is 14.4 Å². The SMILES string of the molecule is O=C(CN1CCCCCC1=O)OCC(=O)N(C1CCCCC1)C1CCS(=O)(=O)C1. The molecule has 1 unspecified atom stereocenters. The lowest BCUT2D eigenvalue weighted by molar-refractivity contribution is -0.156. The molecule has 164 valence electrons. The first-order chi connectivity index (χ1) is 13.9. The molecular weight excluding hydrogens is 396 g/mol. The highest BCUT2D eigenvalue weighted by atomic mass is 32.2. The van der Waals surface area contributed by atoms with Gasteiger partial charge in [0.25, 0.3) is 5.91 Å². The molecule has 0 radical (unpaired) electrons. The summed E-state index contributed by atoms with van der Waals surface area (Å²) in [5, 5.41) is 0. The van der Waals surface area contributed by atoms with Crippen LogP contribution in [0.4, 0.5) is 0 Å². The van der Waals surface area contributed by atoms with Gasteiger partial charge in [0.2, 0.25) is 5.91 Å². The predicted molar refractivity (Wildman–Crippen MR) is 107 cm³/mol. The van der Waals surface area contributed by atoms with Crippen LogP contribution in [0.2, 0.25) is 0 Å². The number of carbonyl (C=O) groups excluding carboxylic acids is 3. The number of hydrogen-bond acceptors (Lipinski definition) is 6. The minimum absolute atomic E-state index is 0.00847. The number of nitrogens with zero attached hydrogens (tertiary/aromatic N) is 2. The molecule has 29 heavy (non-hydrogen) atoms. The summed E-state index contributed by atoms with van der Waals surface area (Å²) in [6, 6.07) is -0.318. The van der Waals surface area contributed by atoms with E-state index in [4.69, 9.17) is 4.74 Å². The Balaban J connectivity index is 1.57. The van der Waals surface area contributed by atoms with Gasteiger partial charge < -0.3 is 14.5 Å². The molecule has 2 heterocycles. The summed E-state index contributed by atoms with van der Waals surface area (Å²) >= 11 is 0. The monoisotopic (exact) mass is 428 g/mol. The van der Waals surface area contributed by atoms with Crippen molar-refractivity contribution >= 4 is 27.6 Å². The third-order valence-electron chi connectivity index (χ3n) is 6.21. The van der Waals surface area contributed by atoms with Crippen LogP contribution in [0.3, 0.4) is 0 Å². The van der Waals surface area contributed by atoms with E-state index in [2.05, 4.69) is 0 Å². The Hall–Kier alpha value is -1.64. The van der Waals surface area contributed by atoms with Gasteiger partial charge in [-0.15, -0.1) is 0 Å². The first-order valence-corrected chi connectivity index (χ1v) is 12.6. The normalized spacial score (nSPS) is 25.4. The zero-order chi connectivity index (χ0) is 20.9. The van der Waals surface area contributed by atoms with Crippen LogP contribution in [-0.2, 0) is 29.0 Å². The van der Waals surface area contributed by atoms with Crippen molar-refractivity contribution in [2.24, 2.45) is 0 Å².